The van der Waals surface area contributed by atoms with Gasteiger partial charge in [0.2, 0.25) is 0 Å². The Kier molecular flexibility index (Phi) is 3.64. The maximum absolute atomic E-state index is 10.0. The summed E-state index contributed by atoms with van der Waals surface area (Å²) in [6.45, 7) is 0. The van der Waals surface area contributed by atoms with E-state index in [1.165, 1.54) is 0 Å². The van der Waals surface area contributed by atoms with Crippen LogP contribution in [0.2, 0.25) is 0 Å². The van der Waals surface area contributed by atoms with Gasteiger partial charge in [0.25, 0.3) is 0 Å². The molecule has 1 heterocycles. The van der Waals surface area contributed by atoms with Gasteiger partial charge in [-0.1, -0.05) is 30.3 Å². The van der Waals surface area contributed by atoms with Gasteiger partial charge in [0.1, 0.15) is 5.37 Å². The number of aliphatic hydroxyl groups excluding tert-OH is 1. The predicted molar refractivity (Wildman–Crippen MR) is 66.4 cm³/mol. The molecule has 84 valence electrons. The minimum atomic E-state index is -0.528. The molecular formula is C12H14N2OS. The van der Waals surface area contributed by atoms with Gasteiger partial charge in [0.05, 0.1) is 12.4 Å². The molecule has 0 radical (unpaired) electrons. The average molecular weight is 234 g/mol. The number of hydrogen-bond acceptors (Lipinski definition) is 3. The zero-order chi connectivity index (χ0) is 11.4. The average Bonchev–Trinajstić information content (AvgIpc) is 2.83. The molecule has 2 unspecified atom stereocenters. The predicted octanol–water partition coefficient (Wildman–Crippen LogP) is 1.92. The molecule has 0 saturated carbocycles. The SMILES string of the molecule is OC(Cc1ccccc1)C(S)n1ccnc1. The number of thiol groups is 1. The number of imidazole rings is 1. The van der Waals surface area contributed by atoms with Gasteiger partial charge < -0.3 is 9.67 Å². The van der Waals surface area contributed by atoms with E-state index in [-0.39, 0.29) is 5.37 Å². The zero-order valence-corrected chi connectivity index (χ0v) is 9.66. The van der Waals surface area contributed by atoms with E-state index in [4.69, 9.17) is 0 Å². The Morgan fingerprint density at radius 1 is 1.31 bits per heavy atom. The fourth-order valence-corrected chi connectivity index (χ4v) is 1.83. The van der Waals surface area contributed by atoms with Crippen molar-refractivity contribution >= 4 is 12.6 Å². The molecule has 1 aromatic carbocycles. The molecule has 3 nitrogen and oxygen atoms in total. The molecule has 2 rings (SSSR count). The number of rotatable bonds is 4. The number of aliphatic hydroxyl groups is 1. The van der Waals surface area contributed by atoms with E-state index in [1.807, 2.05) is 30.3 Å². The van der Waals surface area contributed by atoms with Crippen molar-refractivity contribution in [3.05, 3.63) is 54.6 Å². The van der Waals surface area contributed by atoms with Crippen LogP contribution < -0.4 is 0 Å². The molecule has 2 atom stereocenters. The monoisotopic (exact) mass is 234 g/mol. The Morgan fingerprint density at radius 3 is 2.69 bits per heavy atom. The van der Waals surface area contributed by atoms with Gasteiger partial charge in [-0.25, -0.2) is 4.98 Å². The van der Waals surface area contributed by atoms with Crippen molar-refractivity contribution in [3.8, 4) is 0 Å². The van der Waals surface area contributed by atoms with Gasteiger partial charge in [0.15, 0.2) is 0 Å². The summed E-state index contributed by atoms with van der Waals surface area (Å²) in [5.41, 5.74) is 1.11. The molecule has 0 saturated heterocycles. The normalized spacial score (nSPS) is 14.6. The van der Waals surface area contributed by atoms with Crippen molar-refractivity contribution in [3.63, 3.8) is 0 Å². The third-order valence-electron chi connectivity index (χ3n) is 2.46. The van der Waals surface area contributed by atoms with E-state index in [0.717, 1.165) is 5.56 Å². The van der Waals surface area contributed by atoms with Gasteiger partial charge in [-0.3, -0.25) is 0 Å². The van der Waals surface area contributed by atoms with Gasteiger partial charge in [-0.2, -0.15) is 12.6 Å². The highest BCUT2D eigenvalue weighted by atomic mass is 32.1. The van der Waals surface area contributed by atoms with Crippen LogP contribution in [0.3, 0.4) is 0 Å². The van der Waals surface area contributed by atoms with Crippen molar-refractivity contribution in [1.82, 2.24) is 9.55 Å². The summed E-state index contributed by atoms with van der Waals surface area (Å²) in [5.74, 6) is 0. The first-order valence-corrected chi connectivity index (χ1v) is 5.66. The molecule has 16 heavy (non-hydrogen) atoms. The Balaban J connectivity index is 2.01. The van der Waals surface area contributed by atoms with Crippen LogP contribution in [0, 0.1) is 0 Å². The Labute approximate surface area is 100 Å². The Morgan fingerprint density at radius 2 is 2.06 bits per heavy atom. The van der Waals surface area contributed by atoms with Crippen LogP contribution >= 0.6 is 12.6 Å². The minimum Gasteiger partial charge on any atom is -0.390 e. The maximum atomic E-state index is 10.0. The van der Waals surface area contributed by atoms with Crippen LogP contribution in [0.4, 0.5) is 0 Å². The molecule has 4 heteroatoms. The van der Waals surface area contributed by atoms with E-state index in [2.05, 4.69) is 17.6 Å². The summed E-state index contributed by atoms with van der Waals surface area (Å²) in [5, 5.41) is 9.76. The summed E-state index contributed by atoms with van der Waals surface area (Å²) >= 11 is 4.38. The Bertz CT molecular complexity index is 416. The summed E-state index contributed by atoms with van der Waals surface area (Å²) in [6.07, 6.45) is 5.20. The summed E-state index contributed by atoms with van der Waals surface area (Å²) in [7, 11) is 0. The van der Waals surface area contributed by atoms with Crippen LogP contribution in [-0.4, -0.2) is 20.8 Å². The quantitative estimate of drug-likeness (QED) is 0.793. The second kappa shape index (κ2) is 5.18. The largest absolute Gasteiger partial charge is 0.390 e. The minimum absolute atomic E-state index is 0.261. The first kappa shape index (κ1) is 11.2. The van der Waals surface area contributed by atoms with Crippen LogP contribution in [0.1, 0.15) is 10.9 Å². The molecule has 0 spiro atoms. The van der Waals surface area contributed by atoms with E-state index >= 15 is 0 Å². The summed E-state index contributed by atoms with van der Waals surface area (Å²) < 4.78 is 1.79. The lowest BCUT2D eigenvalue weighted by molar-refractivity contribution is 0.150. The van der Waals surface area contributed by atoms with E-state index < -0.39 is 6.10 Å². The molecule has 0 fully saturated rings. The second-order valence-electron chi connectivity index (χ2n) is 3.68. The van der Waals surface area contributed by atoms with E-state index in [9.17, 15) is 5.11 Å². The molecule has 0 aliphatic carbocycles. The van der Waals surface area contributed by atoms with Crippen LogP contribution in [0.25, 0.3) is 0 Å². The van der Waals surface area contributed by atoms with Gasteiger partial charge in [0, 0.05) is 18.8 Å². The highest BCUT2D eigenvalue weighted by Crippen LogP contribution is 2.19. The van der Waals surface area contributed by atoms with Crippen molar-refractivity contribution < 1.29 is 5.11 Å². The maximum Gasteiger partial charge on any atom is 0.104 e. The van der Waals surface area contributed by atoms with Crippen LogP contribution in [0.5, 0.6) is 0 Å². The molecule has 0 amide bonds. The molecule has 0 bridgehead atoms. The van der Waals surface area contributed by atoms with Gasteiger partial charge in [-0.15, -0.1) is 0 Å². The summed E-state index contributed by atoms with van der Waals surface area (Å²) in [4.78, 5) is 3.94. The van der Waals surface area contributed by atoms with Crippen molar-refractivity contribution in [1.29, 1.82) is 0 Å². The first-order chi connectivity index (χ1) is 7.77. The van der Waals surface area contributed by atoms with Crippen molar-refractivity contribution in [2.24, 2.45) is 0 Å². The van der Waals surface area contributed by atoms with Crippen LogP contribution in [0.15, 0.2) is 49.1 Å². The van der Waals surface area contributed by atoms with E-state index in [0.29, 0.717) is 6.42 Å². The third kappa shape index (κ3) is 2.65. The third-order valence-corrected chi connectivity index (χ3v) is 3.07. The molecule has 1 aromatic heterocycles. The highest BCUT2D eigenvalue weighted by Gasteiger charge is 2.16. The van der Waals surface area contributed by atoms with E-state index in [1.54, 1.807) is 23.3 Å². The lowest BCUT2D eigenvalue weighted by Crippen LogP contribution is -2.21. The van der Waals surface area contributed by atoms with Crippen molar-refractivity contribution in [2.75, 3.05) is 0 Å². The molecule has 0 aliphatic heterocycles. The summed E-state index contributed by atoms with van der Waals surface area (Å²) in [6, 6.07) is 9.89. The van der Waals surface area contributed by atoms with Gasteiger partial charge in [-0.05, 0) is 5.56 Å². The molecule has 2 aromatic rings. The number of nitrogens with zero attached hydrogens (tertiary/aromatic N) is 2. The topological polar surface area (TPSA) is 38.0 Å². The van der Waals surface area contributed by atoms with Crippen LogP contribution in [-0.2, 0) is 6.42 Å². The second-order valence-corrected chi connectivity index (χ2v) is 4.21. The van der Waals surface area contributed by atoms with Crippen molar-refractivity contribution in [2.45, 2.75) is 17.9 Å². The van der Waals surface area contributed by atoms with Gasteiger partial charge >= 0.3 is 0 Å². The number of benzene rings is 1. The highest BCUT2D eigenvalue weighted by molar-refractivity contribution is 7.80. The lowest BCUT2D eigenvalue weighted by Gasteiger charge is -2.19. The molecule has 1 N–H and O–H groups in total. The molecular weight excluding hydrogens is 220 g/mol. The standard InChI is InChI=1S/C12H14N2OS/c15-11(8-10-4-2-1-3-5-10)12(16)14-7-6-13-9-14/h1-7,9,11-12,15-16H,8H2. The smallest absolute Gasteiger partial charge is 0.104 e. The number of aromatic nitrogens is 2. The zero-order valence-electron chi connectivity index (χ0n) is 8.77. The fourth-order valence-electron chi connectivity index (χ4n) is 1.59. The first-order valence-electron chi connectivity index (χ1n) is 5.15. The lowest BCUT2D eigenvalue weighted by atomic mass is 10.1. The fraction of sp³-hybridized carbons (Fsp3) is 0.250. The number of hydrogen-bond donors (Lipinski definition) is 2. The molecule has 0 aliphatic rings. The Hall–Kier alpha value is -1.26.